The summed E-state index contributed by atoms with van der Waals surface area (Å²) in [7, 11) is 0. The van der Waals surface area contributed by atoms with E-state index in [2.05, 4.69) is 15.7 Å². The Morgan fingerprint density at radius 2 is 2.22 bits per heavy atom. The average molecular weight is 367 g/mol. The van der Waals surface area contributed by atoms with Crippen LogP contribution in [0.3, 0.4) is 0 Å². The molecule has 1 aliphatic rings. The second-order valence-electron chi connectivity index (χ2n) is 6.57. The van der Waals surface area contributed by atoms with E-state index >= 15 is 0 Å². The van der Waals surface area contributed by atoms with Crippen molar-refractivity contribution in [2.24, 2.45) is 0 Å². The second-order valence-corrected chi connectivity index (χ2v) is 6.57. The molecule has 1 aromatic carbocycles. The molecule has 0 aliphatic carbocycles. The molecule has 0 saturated carbocycles. The van der Waals surface area contributed by atoms with E-state index in [0.29, 0.717) is 31.0 Å². The second kappa shape index (κ2) is 7.34. The van der Waals surface area contributed by atoms with Crippen molar-refractivity contribution < 1.29 is 9.53 Å². The van der Waals surface area contributed by atoms with Crippen LogP contribution >= 0.6 is 0 Å². The fraction of sp³-hybridized carbons (Fsp3) is 0.316. The summed E-state index contributed by atoms with van der Waals surface area (Å²) in [4.78, 5) is 24.9. The molecule has 27 heavy (non-hydrogen) atoms. The summed E-state index contributed by atoms with van der Waals surface area (Å²) < 4.78 is 8.44. The normalized spacial score (nSPS) is 19.9. The van der Waals surface area contributed by atoms with Crippen molar-refractivity contribution >= 4 is 17.2 Å². The molecule has 1 aliphatic heterocycles. The number of hydrogen-bond donors (Lipinski definition) is 2. The Morgan fingerprint density at radius 1 is 1.33 bits per heavy atom. The minimum absolute atomic E-state index is 0.135. The van der Waals surface area contributed by atoms with Crippen LogP contribution in [-0.2, 0) is 16.1 Å². The molecule has 3 aromatic rings. The van der Waals surface area contributed by atoms with Crippen molar-refractivity contribution in [1.82, 2.24) is 19.5 Å². The van der Waals surface area contributed by atoms with Crippen LogP contribution in [0.15, 0.2) is 53.5 Å². The highest BCUT2D eigenvalue weighted by Gasteiger charge is 2.28. The van der Waals surface area contributed by atoms with Gasteiger partial charge in [-0.3, -0.25) is 9.20 Å². The molecule has 0 bridgehead atoms. The highest BCUT2D eigenvalue weighted by molar-refractivity contribution is 5.95. The van der Waals surface area contributed by atoms with Crippen LogP contribution in [0.1, 0.15) is 12.5 Å². The molecule has 1 saturated heterocycles. The fourth-order valence-electron chi connectivity index (χ4n) is 3.24. The molecule has 8 heteroatoms. The van der Waals surface area contributed by atoms with E-state index in [-0.39, 0.29) is 23.7 Å². The van der Waals surface area contributed by atoms with E-state index in [1.54, 1.807) is 18.3 Å². The molecule has 140 valence electrons. The third-order valence-electron chi connectivity index (χ3n) is 4.61. The predicted octanol–water partition coefficient (Wildman–Crippen LogP) is 0.860. The Balaban J connectivity index is 1.51. The monoisotopic (exact) mass is 367 g/mol. The first-order valence-electron chi connectivity index (χ1n) is 8.91. The highest BCUT2D eigenvalue weighted by Crippen LogP contribution is 2.14. The standard InChI is InChI=1S/C19H21N5O3/c1-13-17(20-8-10-27-13)18(25)21-15-6-4-5-14(11-15)12-24-19(26)23-9-3-2-7-16(23)22-24/h2-7,9,11,13,17,20H,8,10,12H2,1H3,(H,21,25)/t13-,17+/m1/s1. The number of rotatable bonds is 4. The van der Waals surface area contributed by atoms with Crippen LogP contribution in [0.5, 0.6) is 0 Å². The SMILES string of the molecule is C[C@H]1OCCN[C@@H]1C(=O)Nc1cccc(Cn2nc3ccccn3c2=O)c1. The maximum Gasteiger partial charge on any atom is 0.350 e. The summed E-state index contributed by atoms with van der Waals surface area (Å²) in [6.45, 7) is 3.46. The van der Waals surface area contributed by atoms with E-state index < -0.39 is 0 Å². The fourth-order valence-corrected chi connectivity index (χ4v) is 3.24. The van der Waals surface area contributed by atoms with Gasteiger partial charge in [0, 0.05) is 18.4 Å². The number of pyridine rings is 1. The van der Waals surface area contributed by atoms with Crippen LogP contribution in [-0.4, -0.2) is 45.4 Å². The Kier molecular flexibility index (Phi) is 4.74. The van der Waals surface area contributed by atoms with Crippen molar-refractivity contribution in [3.05, 3.63) is 64.7 Å². The topological polar surface area (TPSA) is 89.7 Å². The lowest BCUT2D eigenvalue weighted by molar-refractivity contribution is -0.123. The van der Waals surface area contributed by atoms with E-state index in [1.807, 2.05) is 37.3 Å². The molecule has 2 atom stereocenters. The molecule has 0 unspecified atom stereocenters. The van der Waals surface area contributed by atoms with Gasteiger partial charge in [0.1, 0.15) is 6.04 Å². The van der Waals surface area contributed by atoms with Gasteiger partial charge in [-0.15, -0.1) is 5.10 Å². The number of ether oxygens (including phenoxy) is 1. The van der Waals surface area contributed by atoms with Gasteiger partial charge in [0.2, 0.25) is 5.91 Å². The molecule has 2 aromatic heterocycles. The van der Waals surface area contributed by atoms with Gasteiger partial charge in [-0.1, -0.05) is 18.2 Å². The van der Waals surface area contributed by atoms with Gasteiger partial charge in [0.25, 0.3) is 0 Å². The van der Waals surface area contributed by atoms with Gasteiger partial charge in [-0.05, 0) is 36.8 Å². The Hall–Kier alpha value is -2.97. The van der Waals surface area contributed by atoms with Gasteiger partial charge >= 0.3 is 5.69 Å². The average Bonchev–Trinajstić information content (AvgIpc) is 2.98. The Morgan fingerprint density at radius 3 is 3.04 bits per heavy atom. The molecular weight excluding hydrogens is 346 g/mol. The zero-order valence-electron chi connectivity index (χ0n) is 15.0. The lowest BCUT2D eigenvalue weighted by Crippen LogP contribution is -2.53. The number of fused-ring (bicyclic) bond motifs is 1. The van der Waals surface area contributed by atoms with Crippen molar-refractivity contribution in [1.29, 1.82) is 0 Å². The van der Waals surface area contributed by atoms with Crippen LogP contribution in [0, 0.1) is 0 Å². The molecule has 3 heterocycles. The van der Waals surface area contributed by atoms with Gasteiger partial charge < -0.3 is 15.4 Å². The van der Waals surface area contributed by atoms with E-state index in [9.17, 15) is 9.59 Å². The predicted molar refractivity (Wildman–Crippen MR) is 101 cm³/mol. The number of anilines is 1. The molecule has 4 rings (SSSR count). The number of carbonyl (C=O) groups is 1. The van der Waals surface area contributed by atoms with Gasteiger partial charge in [0.15, 0.2) is 5.65 Å². The van der Waals surface area contributed by atoms with E-state index in [4.69, 9.17) is 4.74 Å². The number of carbonyl (C=O) groups excluding carboxylic acids is 1. The molecule has 2 N–H and O–H groups in total. The van der Waals surface area contributed by atoms with Gasteiger partial charge in [0.05, 0.1) is 19.3 Å². The van der Waals surface area contributed by atoms with Crippen LogP contribution in [0.25, 0.3) is 5.65 Å². The molecule has 0 spiro atoms. The molecular formula is C19H21N5O3. The number of hydrogen-bond acceptors (Lipinski definition) is 5. The van der Waals surface area contributed by atoms with Gasteiger partial charge in [-0.2, -0.15) is 0 Å². The van der Waals surface area contributed by atoms with Crippen molar-refractivity contribution in [2.75, 3.05) is 18.5 Å². The van der Waals surface area contributed by atoms with Crippen molar-refractivity contribution in [3.8, 4) is 0 Å². The van der Waals surface area contributed by atoms with Crippen LogP contribution in [0.4, 0.5) is 5.69 Å². The molecule has 0 radical (unpaired) electrons. The first kappa shape index (κ1) is 17.4. The quantitative estimate of drug-likeness (QED) is 0.714. The van der Waals surface area contributed by atoms with Gasteiger partial charge in [-0.25, -0.2) is 9.48 Å². The first-order chi connectivity index (χ1) is 13.1. The zero-order valence-corrected chi connectivity index (χ0v) is 15.0. The summed E-state index contributed by atoms with van der Waals surface area (Å²) in [6.07, 6.45) is 1.51. The van der Waals surface area contributed by atoms with Crippen LogP contribution in [0.2, 0.25) is 0 Å². The number of aromatic nitrogens is 3. The number of nitrogens with zero attached hydrogens (tertiary/aromatic N) is 3. The smallest absolute Gasteiger partial charge is 0.350 e. The highest BCUT2D eigenvalue weighted by atomic mass is 16.5. The summed E-state index contributed by atoms with van der Waals surface area (Å²) in [5.74, 6) is -0.135. The minimum Gasteiger partial charge on any atom is -0.375 e. The number of morpholine rings is 1. The number of amides is 1. The van der Waals surface area contributed by atoms with E-state index in [1.165, 1.54) is 9.08 Å². The van der Waals surface area contributed by atoms with Crippen molar-refractivity contribution in [3.63, 3.8) is 0 Å². The third kappa shape index (κ3) is 3.62. The summed E-state index contributed by atoms with van der Waals surface area (Å²) >= 11 is 0. The maximum absolute atomic E-state index is 12.5. The lowest BCUT2D eigenvalue weighted by Gasteiger charge is -2.29. The van der Waals surface area contributed by atoms with E-state index in [0.717, 1.165) is 5.56 Å². The minimum atomic E-state index is -0.386. The summed E-state index contributed by atoms with van der Waals surface area (Å²) in [5, 5.41) is 10.4. The molecule has 1 fully saturated rings. The molecule has 8 nitrogen and oxygen atoms in total. The maximum atomic E-state index is 12.5. The Bertz CT molecular complexity index is 1030. The Labute approximate surface area is 155 Å². The molecule has 1 amide bonds. The summed E-state index contributed by atoms with van der Waals surface area (Å²) in [5.41, 5.74) is 1.95. The van der Waals surface area contributed by atoms with Crippen LogP contribution < -0.4 is 16.3 Å². The summed E-state index contributed by atoms with van der Waals surface area (Å²) in [6, 6.07) is 12.5. The first-order valence-corrected chi connectivity index (χ1v) is 8.91. The van der Waals surface area contributed by atoms with Crippen molar-refractivity contribution in [2.45, 2.75) is 25.6 Å². The number of nitrogens with one attached hydrogen (secondary N) is 2. The largest absolute Gasteiger partial charge is 0.375 e. The number of benzene rings is 1. The lowest BCUT2D eigenvalue weighted by atomic mass is 10.1. The zero-order chi connectivity index (χ0) is 18.8. The third-order valence-corrected chi connectivity index (χ3v) is 4.61.